The Labute approximate surface area is 81.1 Å². The highest BCUT2D eigenvalue weighted by molar-refractivity contribution is 5.24. The summed E-state index contributed by atoms with van der Waals surface area (Å²) in [4.78, 5) is 3.91. The Morgan fingerprint density at radius 2 is 2.00 bits per heavy atom. The van der Waals surface area contributed by atoms with Gasteiger partial charge in [-0.25, -0.2) is 0 Å². The van der Waals surface area contributed by atoms with Crippen LogP contribution in [0.3, 0.4) is 0 Å². The topological polar surface area (TPSA) is 44.5 Å². The standard InChI is InChI=1S/C10H9NO3/c1-12-9-7-13-10(11-9)14-8-5-3-2-4-6-8/h2-7H,1H3. The van der Waals surface area contributed by atoms with Gasteiger partial charge in [0.1, 0.15) is 5.75 Å². The largest absolute Gasteiger partial charge is 0.479 e. The van der Waals surface area contributed by atoms with E-state index in [2.05, 4.69) is 4.98 Å². The Kier molecular flexibility index (Phi) is 2.36. The first-order valence-electron chi connectivity index (χ1n) is 4.11. The van der Waals surface area contributed by atoms with Gasteiger partial charge in [0, 0.05) is 0 Å². The smallest absolute Gasteiger partial charge is 0.402 e. The van der Waals surface area contributed by atoms with E-state index in [4.69, 9.17) is 13.9 Å². The lowest BCUT2D eigenvalue weighted by atomic mass is 10.3. The van der Waals surface area contributed by atoms with Crippen LogP contribution in [-0.4, -0.2) is 12.1 Å². The summed E-state index contributed by atoms with van der Waals surface area (Å²) in [5.74, 6) is 1.08. The van der Waals surface area contributed by atoms with Crippen LogP contribution in [0.1, 0.15) is 0 Å². The van der Waals surface area contributed by atoms with E-state index in [1.807, 2.05) is 30.3 Å². The molecule has 0 amide bonds. The summed E-state index contributed by atoms with van der Waals surface area (Å²) in [6.45, 7) is 0. The molecule has 4 heteroatoms. The molecule has 72 valence electrons. The number of oxazole rings is 1. The molecule has 14 heavy (non-hydrogen) atoms. The Morgan fingerprint density at radius 3 is 2.64 bits per heavy atom. The first kappa shape index (κ1) is 8.62. The van der Waals surface area contributed by atoms with E-state index in [0.717, 1.165) is 0 Å². The van der Waals surface area contributed by atoms with E-state index in [0.29, 0.717) is 11.6 Å². The summed E-state index contributed by atoms with van der Waals surface area (Å²) in [6, 6.07) is 9.28. The van der Waals surface area contributed by atoms with Gasteiger partial charge in [0.25, 0.3) is 5.88 Å². The van der Waals surface area contributed by atoms with Crippen LogP contribution in [0.4, 0.5) is 0 Å². The van der Waals surface area contributed by atoms with Crippen molar-refractivity contribution in [3.05, 3.63) is 36.6 Å². The maximum absolute atomic E-state index is 5.30. The van der Waals surface area contributed by atoms with Gasteiger partial charge >= 0.3 is 6.08 Å². The highest BCUT2D eigenvalue weighted by Crippen LogP contribution is 2.22. The van der Waals surface area contributed by atoms with Gasteiger partial charge in [-0.2, -0.15) is 0 Å². The van der Waals surface area contributed by atoms with Crippen LogP contribution in [0.25, 0.3) is 0 Å². The lowest BCUT2D eigenvalue weighted by Crippen LogP contribution is -1.84. The van der Waals surface area contributed by atoms with Crippen LogP contribution in [0.15, 0.2) is 41.0 Å². The average Bonchev–Trinajstić information content (AvgIpc) is 2.67. The molecule has 0 saturated carbocycles. The number of nitrogens with zero attached hydrogens (tertiary/aromatic N) is 1. The van der Waals surface area contributed by atoms with Crippen LogP contribution < -0.4 is 9.47 Å². The molecule has 0 atom stereocenters. The second kappa shape index (κ2) is 3.83. The van der Waals surface area contributed by atoms with E-state index < -0.39 is 0 Å². The molecular weight excluding hydrogens is 182 g/mol. The molecule has 2 rings (SSSR count). The number of benzene rings is 1. The lowest BCUT2D eigenvalue weighted by molar-refractivity contribution is 0.330. The van der Waals surface area contributed by atoms with Crippen molar-refractivity contribution in [1.29, 1.82) is 0 Å². The van der Waals surface area contributed by atoms with Crippen molar-refractivity contribution < 1.29 is 13.9 Å². The minimum absolute atomic E-state index is 0.174. The van der Waals surface area contributed by atoms with Crippen molar-refractivity contribution in [2.45, 2.75) is 0 Å². The average molecular weight is 191 g/mol. The molecule has 0 N–H and O–H groups in total. The molecule has 0 saturated heterocycles. The first-order valence-corrected chi connectivity index (χ1v) is 4.11. The zero-order chi connectivity index (χ0) is 9.80. The number of rotatable bonds is 3. The fraction of sp³-hybridized carbons (Fsp3) is 0.100. The monoisotopic (exact) mass is 191 g/mol. The normalized spacial score (nSPS) is 9.79. The van der Waals surface area contributed by atoms with E-state index in [1.54, 1.807) is 0 Å². The van der Waals surface area contributed by atoms with Gasteiger partial charge in [-0.3, -0.25) is 0 Å². The van der Waals surface area contributed by atoms with Crippen LogP contribution in [0.5, 0.6) is 17.7 Å². The van der Waals surface area contributed by atoms with Crippen molar-refractivity contribution in [3.8, 4) is 17.7 Å². The number of para-hydroxylation sites is 1. The number of aromatic nitrogens is 1. The molecule has 0 aliphatic rings. The molecule has 4 nitrogen and oxygen atoms in total. The molecule has 0 fully saturated rings. The lowest BCUT2D eigenvalue weighted by Gasteiger charge is -1.97. The Hall–Kier alpha value is -1.97. The molecule has 1 heterocycles. The predicted molar refractivity (Wildman–Crippen MR) is 49.6 cm³/mol. The fourth-order valence-electron chi connectivity index (χ4n) is 0.973. The summed E-state index contributed by atoms with van der Waals surface area (Å²) in [6.07, 6.45) is 1.56. The molecule has 0 aliphatic carbocycles. The molecule has 1 aromatic carbocycles. The molecule has 1 aromatic heterocycles. The van der Waals surface area contributed by atoms with Crippen molar-refractivity contribution in [1.82, 2.24) is 4.98 Å². The van der Waals surface area contributed by atoms with E-state index in [1.165, 1.54) is 13.4 Å². The third-order valence-electron chi connectivity index (χ3n) is 1.62. The SMILES string of the molecule is COc1coc(Oc2ccccc2)n1. The molecule has 0 unspecified atom stereocenters. The second-order valence-corrected chi connectivity index (χ2v) is 2.57. The van der Waals surface area contributed by atoms with Gasteiger partial charge in [0.2, 0.25) is 0 Å². The molecule has 0 spiro atoms. The van der Waals surface area contributed by atoms with Gasteiger partial charge in [0.15, 0.2) is 6.26 Å². The Balaban J connectivity index is 2.11. The minimum atomic E-state index is 0.174. The van der Waals surface area contributed by atoms with E-state index in [-0.39, 0.29) is 6.08 Å². The highest BCUT2D eigenvalue weighted by atomic mass is 16.6. The molecule has 0 bridgehead atoms. The summed E-state index contributed by atoms with van der Waals surface area (Å²) in [5, 5.41) is 0. The summed E-state index contributed by atoms with van der Waals surface area (Å²) in [7, 11) is 1.52. The summed E-state index contributed by atoms with van der Waals surface area (Å²) in [5.41, 5.74) is 0. The van der Waals surface area contributed by atoms with Crippen molar-refractivity contribution in [2.24, 2.45) is 0 Å². The molecule has 2 aromatic rings. The third kappa shape index (κ3) is 1.85. The maximum atomic E-state index is 5.30. The van der Waals surface area contributed by atoms with Gasteiger partial charge < -0.3 is 13.9 Å². The van der Waals surface area contributed by atoms with Gasteiger partial charge in [-0.1, -0.05) is 18.2 Å². The Bertz CT molecular complexity index is 397. The Morgan fingerprint density at radius 1 is 1.21 bits per heavy atom. The van der Waals surface area contributed by atoms with E-state index >= 15 is 0 Å². The van der Waals surface area contributed by atoms with Crippen molar-refractivity contribution in [2.75, 3.05) is 7.11 Å². The number of methoxy groups -OCH3 is 1. The number of hydrogen-bond donors (Lipinski definition) is 0. The predicted octanol–water partition coefficient (Wildman–Crippen LogP) is 2.48. The van der Waals surface area contributed by atoms with Crippen LogP contribution in [-0.2, 0) is 0 Å². The van der Waals surface area contributed by atoms with Gasteiger partial charge in [-0.15, -0.1) is 4.98 Å². The summed E-state index contributed by atoms with van der Waals surface area (Å²) >= 11 is 0. The van der Waals surface area contributed by atoms with Crippen LogP contribution in [0.2, 0.25) is 0 Å². The van der Waals surface area contributed by atoms with Crippen LogP contribution >= 0.6 is 0 Å². The van der Waals surface area contributed by atoms with Gasteiger partial charge in [-0.05, 0) is 12.1 Å². The van der Waals surface area contributed by atoms with Crippen molar-refractivity contribution in [3.63, 3.8) is 0 Å². The van der Waals surface area contributed by atoms with Crippen molar-refractivity contribution >= 4 is 0 Å². The second-order valence-electron chi connectivity index (χ2n) is 2.57. The van der Waals surface area contributed by atoms with Gasteiger partial charge in [0.05, 0.1) is 7.11 Å². The zero-order valence-corrected chi connectivity index (χ0v) is 7.64. The highest BCUT2D eigenvalue weighted by Gasteiger charge is 2.05. The molecule has 0 aliphatic heterocycles. The molecule has 0 radical (unpaired) electrons. The zero-order valence-electron chi connectivity index (χ0n) is 7.64. The fourth-order valence-corrected chi connectivity index (χ4v) is 0.973. The molecular formula is C10H9NO3. The number of hydrogen-bond acceptors (Lipinski definition) is 4. The number of ether oxygens (including phenoxy) is 2. The quantitative estimate of drug-likeness (QED) is 0.747. The minimum Gasteiger partial charge on any atom is -0.479 e. The maximum Gasteiger partial charge on any atom is 0.402 e. The van der Waals surface area contributed by atoms with E-state index in [9.17, 15) is 0 Å². The third-order valence-corrected chi connectivity index (χ3v) is 1.62. The van der Waals surface area contributed by atoms with Crippen LogP contribution in [0, 0.1) is 0 Å². The first-order chi connectivity index (χ1) is 6.88. The summed E-state index contributed by atoms with van der Waals surface area (Å²) < 4.78 is 15.2.